The van der Waals surface area contributed by atoms with E-state index in [-0.39, 0.29) is 17.2 Å². The van der Waals surface area contributed by atoms with E-state index in [0.717, 1.165) is 26.2 Å². The van der Waals surface area contributed by atoms with Gasteiger partial charge in [-0.1, -0.05) is 36.7 Å². The van der Waals surface area contributed by atoms with Crippen molar-refractivity contribution in [1.29, 1.82) is 0 Å². The fourth-order valence-corrected chi connectivity index (χ4v) is 3.39. The van der Waals surface area contributed by atoms with Crippen LogP contribution in [0.3, 0.4) is 0 Å². The number of hydrogen-bond donors (Lipinski definition) is 2. The summed E-state index contributed by atoms with van der Waals surface area (Å²) in [5.41, 5.74) is 0.563. The lowest BCUT2D eigenvalue weighted by Gasteiger charge is -2.42. The molecule has 3 nitrogen and oxygen atoms in total. The van der Waals surface area contributed by atoms with E-state index in [2.05, 4.69) is 46.9 Å². The van der Waals surface area contributed by atoms with Gasteiger partial charge in [0, 0.05) is 42.3 Å². The van der Waals surface area contributed by atoms with Gasteiger partial charge in [0.25, 0.3) is 0 Å². The summed E-state index contributed by atoms with van der Waals surface area (Å²) in [7, 11) is 0. The van der Waals surface area contributed by atoms with E-state index >= 15 is 0 Å². The third kappa shape index (κ3) is 3.32. The number of phenolic OH excluding ortho intramolecular Hbond substituents is 1. The lowest BCUT2D eigenvalue weighted by atomic mass is 9.80. The third-order valence-electron chi connectivity index (χ3n) is 3.69. The van der Waals surface area contributed by atoms with Crippen molar-refractivity contribution in [2.45, 2.75) is 26.8 Å². The summed E-state index contributed by atoms with van der Waals surface area (Å²) in [4.78, 5) is 2.32. The molecule has 2 rings (SSSR count). The van der Waals surface area contributed by atoms with Crippen LogP contribution in [-0.4, -0.2) is 36.2 Å². The van der Waals surface area contributed by atoms with Crippen molar-refractivity contribution < 1.29 is 9.50 Å². The van der Waals surface area contributed by atoms with Gasteiger partial charge in [-0.15, -0.1) is 0 Å². The molecule has 0 aliphatic carbocycles. The molecule has 1 aromatic rings. The largest absolute Gasteiger partial charge is 0.505 e. The molecule has 0 bridgehead atoms. The van der Waals surface area contributed by atoms with Gasteiger partial charge in [0.1, 0.15) is 0 Å². The van der Waals surface area contributed by atoms with E-state index < -0.39 is 5.82 Å². The molecule has 5 heteroatoms. The van der Waals surface area contributed by atoms with Crippen LogP contribution < -0.4 is 5.32 Å². The van der Waals surface area contributed by atoms with Gasteiger partial charge in [-0.25, -0.2) is 4.39 Å². The molecule has 1 fully saturated rings. The molecular weight excluding hydrogens is 323 g/mol. The third-order valence-corrected chi connectivity index (χ3v) is 4.15. The zero-order valence-electron chi connectivity index (χ0n) is 12.2. The number of piperazine rings is 1. The molecule has 1 heterocycles. The highest BCUT2D eigenvalue weighted by Gasteiger charge is 2.35. The highest BCUT2D eigenvalue weighted by Crippen LogP contribution is 2.43. The van der Waals surface area contributed by atoms with Crippen molar-refractivity contribution in [2.75, 3.05) is 26.2 Å². The first kappa shape index (κ1) is 15.7. The number of benzene rings is 1. The monoisotopic (exact) mass is 344 g/mol. The van der Waals surface area contributed by atoms with Gasteiger partial charge in [-0.05, 0) is 17.5 Å². The Morgan fingerprint density at radius 3 is 2.45 bits per heavy atom. The Bertz CT molecular complexity index is 481. The van der Waals surface area contributed by atoms with Gasteiger partial charge >= 0.3 is 0 Å². The molecule has 0 aromatic heterocycles. The quantitative estimate of drug-likeness (QED) is 0.864. The van der Waals surface area contributed by atoms with Crippen LogP contribution in [0.5, 0.6) is 5.75 Å². The van der Waals surface area contributed by atoms with Crippen molar-refractivity contribution in [3.05, 3.63) is 28.0 Å². The lowest BCUT2D eigenvalue weighted by Crippen LogP contribution is -2.48. The van der Waals surface area contributed by atoms with E-state index in [1.807, 2.05) is 6.07 Å². The second-order valence-corrected chi connectivity index (χ2v) is 7.30. The maximum absolute atomic E-state index is 13.8. The van der Waals surface area contributed by atoms with E-state index in [0.29, 0.717) is 10.0 Å². The van der Waals surface area contributed by atoms with E-state index in [4.69, 9.17) is 0 Å². The first-order valence-electron chi connectivity index (χ1n) is 6.93. The molecule has 1 aromatic carbocycles. The van der Waals surface area contributed by atoms with Crippen molar-refractivity contribution in [2.24, 2.45) is 5.41 Å². The number of halogens is 2. The minimum absolute atomic E-state index is 0.0170. The molecule has 0 unspecified atom stereocenters. The molecule has 1 saturated heterocycles. The van der Waals surface area contributed by atoms with Gasteiger partial charge in [0.05, 0.1) is 0 Å². The van der Waals surface area contributed by atoms with Crippen molar-refractivity contribution in [3.8, 4) is 5.75 Å². The fourth-order valence-electron chi connectivity index (χ4n) is 2.95. The van der Waals surface area contributed by atoms with E-state index in [1.165, 1.54) is 6.07 Å². The van der Waals surface area contributed by atoms with Gasteiger partial charge in [0.2, 0.25) is 0 Å². The summed E-state index contributed by atoms with van der Waals surface area (Å²) in [6.07, 6.45) is 0. The topological polar surface area (TPSA) is 35.5 Å². The molecule has 0 saturated carbocycles. The zero-order valence-corrected chi connectivity index (χ0v) is 13.8. The first-order valence-corrected chi connectivity index (χ1v) is 7.72. The average Bonchev–Trinajstić information content (AvgIpc) is 2.35. The van der Waals surface area contributed by atoms with Crippen LogP contribution >= 0.6 is 15.9 Å². The summed E-state index contributed by atoms with van der Waals surface area (Å²) in [6.45, 7) is 10.0. The molecule has 1 aliphatic heterocycles. The smallest absolute Gasteiger partial charge is 0.166 e. The van der Waals surface area contributed by atoms with Crippen molar-refractivity contribution in [3.63, 3.8) is 0 Å². The summed E-state index contributed by atoms with van der Waals surface area (Å²) >= 11 is 3.32. The number of rotatable bonds is 2. The fraction of sp³-hybridized carbons (Fsp3) is 0.600. The number of phenols is 1. The Hall–Kier alpha value is -0.650. The van der Waals surface area contributed by atoms with Crippen molar-refractivity contribution in [1.82, 2.24) is 10.2 Å². The molecule has 2 N–H and O–H groups in total. The molecule has 0 amide bonds. The van der Waals surface area contributed by atoms with Gasteiger partial charge in [0.15, 0.2) is 11.6 Å². The molecule has 1 atom stereocenters. The Morgan fingerprint density at radius 1 is 1.30 bits per heavy atom. The maximum Gasteiger partial charge on any atom is 0.166 e. The second kappa shape index (κ2) is 6.00. The van der Waals surface area contributed by atoms with Gasteiger partial charge < -0.3 is 10.4 Å². The summed E-state index contributed by atoms with van der Waals surface area (Å²) in [5, 5.41) is 13.5. The molecule has 1 aliphatic rings. The van der Waals surface area contributed by atoms with Crippen LogP contribution in [-0.2, 0) is 0 Å². The van der Waals surface area contributed by atoms with E-state index in [1.54, 1.807) is 0 Å². The Morgan fingerprint density at radius 2 is 1.90 bits per heavy atom. The van der Waals surface area contributed by atoms with Crippen LogP contribution in [0.2, 0.25) is 0 Å². The van der Waals surface area contributed by atoms with Crippen LogP contribution in [0, 0.1) is 11.2 Å². The standard InChI is InChI=1S/C15H22BrFN2O/c1-15(2,3)14(19-6-4-18-5-7-19)11-8-10(16)9-12(17)13(11)20/h8-9,14,18,20H,4-7H2,1-3H3/t14-/m1/s1. The van der Waals surface area contributed by atoms with Crippen LogP contribution in [0.25, 0.3) is 0 Å². The molecular formula is C15H22BrFN2O. The van der Waals surface area contributed by atoms with Crippen LogP contribution in [0.15, 0.2) is 16.6 Å². The normalized spacial score (nSPS) is 19.1. The number of hydrogen-bond acceptors (Lipinski definition) is 3. The predicted molar refractivity (Wildman–Crippen MR) is 82.4 cm³/mol. The maximum atomic E-state index is 13.8. The van der Waals surface area contributed by atoms with Gasteiger partial charge in [-0.2, -0.15) is 0 Å². The Kier molecular flexibility index (Phi) is 4.72. The Balaban J connectivity index is 2.46. The zero-order chi connectivity index (χ0) is 14.9. The second-order valence-electron chi connectivity index (χ2n) is 6.38. The SMILES string of the molecule is CC(C)(C)[C@@H](c1cc(Br)cc(F)c1O)N1CCNCC1. The highest BCUT2D eigenvalue weighted by molar-refractivity contribution is 9.10. The van der Waals surface area contributed by atoms with Crippen LogP contribution in [0.1, 0.15) is 32.4 Å². The first-order chi connectivity index (χ1) is 9.30. The predicted octanol–water partition coefficient (Wildman–Crippen LogP) is 3.29. The number of aromatic hydroxyl groups is 1. The number of nitrogens with one attached hydrogen (secondary N) is 1. The minimum atomic E-state index is -0.571. The van der Waals surface area contributed by atoms with Crippen LogP contribution in [0.4, 0.5) is 4.39 Å². The number of nitrogens with zero attached hydrogens (tertiary/aromatic N) is 1. The van der Waals surface area contributed by atoms with Gasteiger partial charge in [-0.3, -0.25) is 4.90 Å². The summed E-state index contributed by atoms with van der Waals surface area (Å²) in [5.74, 6) is -0.801. The molecule has 20 heavy (non-hydrogen) atoms. The lowest BCUT2D eigenvalue weighted by molar-refractivity contribution is 0.0837. The van der Waals surface area contributed by atoms with Crippen molar-refractivity contribution >= 4 is 15.9 Å². The van der Waals surface area contributed by atoms with E-state index in [9.17, 15) is 9.50 Å². The average molecular weight is 345 g/mol. The minimum Gasteiger partial charge on any atom is -0.505 e. The Labute approximate surface area is 128 Å². The molecule has 0 spiro atoms. The molecule has 112 valence electrons. The summed E-state index contributed by atoms with van der Waals surface area (Å²) < 4.78 is 14.5. The summed E-state index contributed by atoms with van der Waals surface area (Å²) in [6, 6.07) is 3.11. The highest BCUT2D eigenvalue weighted by atomic mass is 79.9. The molecule has 0 radical (unpaired) electrons.